The molecule has 0 fully saturated rings. The fraction of sp³-hybridized carbons (Fsp3) is 0.429. The Bertz CT molecular complexity index is 306. The quantitative estimate of drug-likeness (QED) is 0.554. The van der Waals surface area contributed by atoms with Crippen molar-refractivity contribution >= 4 is 6.98 Å². The average Bonchev–Trinajstić information content (AvgIpc) is 2.47. The molecule has 0 saturated carbocycles. The minimum absolute atomic E-state index is 0. The van der Waals surface area contributed by atoms with E-state index in [-0.39, 0.29) is 51.4 Å². The van der Waals surface area contributed by atoms with Gasteiger partial charge < -0.3 is 17.5 Å². The molecule has 1 unspecified atom stereocenters. The van der Waals surface area contributed by atoms with Gasteiger partial charge in [0.25, 0.3) is 0 Å². The Balaban J connectivity index is 0.00000225. The summed E-state index contributed by atoms with van der Waals surface area (Å²) in [6.07, 6.45) is -4.80. The topological polar surface area (TPSA) is 4.93 Å². The summed E-state index contributed by atoms with van der Waals surface area (Å²) in [5, 5.41) is 0. The van der Waals surface area contributed by atoms with Crippen LogP contribution in [0.1, 0.15) is 6.04 Å². The van der Waals surface area contributed by atoms with Crippen LogP contribution >= 0.6 is 0 Å². The van der Waals surface area contributed by atoms with Gasteiger partial charge in [0.2, 0.25) is 0 Å². The fourth-order valence-corrected chi connectivity index (χ4v) is 1.23. The van der Waals surface area contributed by atoms with Crippen molar-refractivity contribution in [3.05, 3.63) is 24.5 Å². The third kappa shape index (κ3) is 5.26. The number of alkyl halides is 3. The Hall–Kier alpha value is 0.561. The molecule has 0 aliphatic rings. The van der Waals surface area contributed by atoms with Crippen LogP contribution in [0, 0.1) is 0 Å². The Kier molecular flexibility index (Phi) is 6.15. The van der Waals surface area contributed by atoms with Crippen molar-refractivity contribution in [2.45, 2.75) is 18.5 Å². The van der Waals surface area contributed by atoms with Gasteiger partial charge in [-0.2, -0.15) is 13.2 Å². The zero-order chi connectivity index (χ0) is 11.7. The van der Waals surface area contributed by atoms with E-state index in [2.05, 4.69) is 0 Å². The van der Waals surface area contributed by atoms with Gasteiger partial charge in [-0.3, -0.25) is 0 Å². The zero-order valence-corrected chi connectivity index (χ0v) is 11.5. The maximum absolute atomic E-state index is 12.3. The molecule has 0 aliphatic heterocycles. The first kappa shape index (κ1) is 16.6. The van der Waals surface area contributed by atoms with E-state index in [1.165, 1.54) is 12.1 Å². The summed E-state index contributed by atoms with van der Waals surface area (Å²) in [5.74, 6) is 0. The van der Waals surface area contributed by atoms with Gasteiger partial charge in [-0.15, -0.1) is 0 Å². The molecule has 0 aromatic carbocycles. The second kappa shape index (κ2) is 5.94. The van der Waals surface area contributed by atoms with Crippen LogP contribution < -0.4 is 51.4 Å². The third-order valence-electron chi connectivity index (χ3n) is 1.86. The molecule has 1 rings (SSSR count). The van der Waals surface area contributed by atoms with Gasteiger partial charge in [0.1, 0.15) is 6.04 Å². The van der Waals surface area contributed by atoms with Crippen LogP contribution in [0.4, 0.5) is 26.1 Å². The minimum atomic E-state index is -5.47. The molecule has 0 N–H and O–H groups in total. The first-order chi connectivity index (χ1) is 6.70. The molecule has 1 atom stereocenters. The van der Waals surface area contributed by atoms with Crippen molar-refractivity contribution in [2.75, 3.05) is 0 Å². The largest absolute Gasteiger partial charge is 1.00 e. The minimum Gasteiger partial charge on any atom is -0.449 e. The van der Waals surface area contributed by atoms with E-state index >= 15 is 0 Å². The van der Waals surface area contributed by atoms with Crippen molar-refractivity contribution in [1.82, 2.24) is 4.57 Å². The van der Waals surface area contributed by atoms with Crippen molar-refractivity contribution in [2.24, 2.45) is 0 Å². The second-order valence-electron chi connectivity index (χ2n) is 3.13. The molecule has 0 radical (unpaired) electrons. The fourth-order valence-electron chi connectivity index (χ4n) is 1.23. The Morgan fingerprint density at radius 2 is 1.50 bits per heavy atom. The molecule has 0 bridgehead atoms. The second-order valence-corrected chi connectivity index (χ2v) is 3.13. The summed E-state index contributed by atoms with van der Waals surface area (Å²) < 4.78 is 73.4. The van der Waals surface area contributed by atoms with Crippen LogP contribution in [0.15, 0.2) is 24.5 Å². The number of hydrogen-bond donors (Lipinski definition) is 0. The predicted octanol–water partition coefficient (Wildman–Crippen LogP) is 0.443. The number of hydrogen-bond acceptors (Lipinski definition) is 0. The van der Waals surface area contributed by atoms with E-state index in [9.17, 15) is 26.1 Å². The summed E-state index contributed by atoms with van der Waals surface area (Å²) in [6.45, 7) is -5.47. The summed E-state index contributed by atoms with van der Waals surface area (Å²) in [5.41, 5.74) is 0. The molecule has 1 heterocycles. The molecule has 0 amide bonds. The Labute approximate surface area is 131 Å². The predicted molar refractivity (Wildman–Crippen MR) is 43.4 cm³/mol. The van der Waals surface area contributed by atoms with Crippen molar-refractivity contribution < 1.29 is 77.5 Å². The summed E-state index contributed by atoms with van der Waals surface area (Å²) >= 11 is 0. The molecule has 1 aromatic heterocycles. The van der Waals surface area contributed by atoms with Crippen molar-refractivity contribution in [3.63, 3.8) is 0 Å². The summed E-state index contributed by atoms with van der Waals surface area (Å²) in [4.78, 5) is 0. The standard InChI is InChI=1S/C7H7BF6N.K/c9-7(10,11)6(5-8(12,13)14)15-3-1-2-4-15;/h1-4,6H,5H2;/q-1;+1. The first-order valence-electron chi connectivity index (χ1n) is 4.10. The molecule has 1 nitrogen and oxygen atoms in total. The van der Waals surface area contributed by atoms with Crippen LogP contribution in [0.5, 0.6) is 0 Å². The smallest absolute Gasteiger partial charge is 0.449 e. The van der Waals surface area contributed by atoms with Crippen LogP contribution in [0.2, 0.25) is 6.32 Å². The van der Waals surface area contributed by atoms with Gasteiger partial charge in [-0.05, 0) is 12.1 Å². The summed E-state index contributed by atoms with van der Waals surface area (Å²) in [6, 6.07) is -0.0166. The Morgan fingerprint density at radius 1 is 1.06 bits per heavy atom. The number of halogens is 6. The summed E-state index contributed by atoms with van der Waals surface area (Å²) in [7, 11) is 0. The monoisotopic (exact) mass is 269 g/mol. The maximum atomic E-state index is 12.3. The van der Waals surface area contributed by atoms with E-state index < -0.39 is 25.5 Å². The van der Waals surface area contributed by atoms with E-state index in [0.29, 0.717) is 4.57 Å². The van der Waals surface area contributed by atoms with Gasteiger partial charge in [-0.25, -0.2) is 0 Å². The average molecular weight is 269 g/mol. The van der Waals surface area contributed by atoms with Crippen LogP contribution in [-0.4, -0.2) is 17.7 Å². The van der Waals surface area contributed by atoms with Gasteiger partial charge in [-0.1, -0.05) is 6.32 Å². The Morgan fingerprint density at radius 3 is 1.81 bits per heavy atom. The number of aromatic nitrogens is 1. The van der Waals surface area contributed by atoms with E-state index in [1.54, 1.807) is 0 Å². The number of nitrogens with zero attached hydrogens (tertiary/aromatic N) is 1. The normalized spacial score (nSPS) is 14.4. The zero-order valence-electron chi connectivity index (χ0n) is 8.39. The van der Waals surface area contributed by atoms with Gasteiger partial charge >= 0.3 is 64.5 Å². The molecule has 0 spiro atoms. The van der Waals surface area contributed by atoms with Gasteiger partial charge in [0.15, 0.2) is 0 Å². The SMILES string of the molecule is F[B-](F)(F)CC(n1cccc1)C(F)(F)F.[K+]. The molecular formula is C7H7BF6KN. The van der Waals surface area contributed by atoms with E-state index in [0.717, 1.165) is 12.4 Å². The molecule has 0 aliphatic carbocycles. The molecule has 0 saturated heterocycles. The molecule has 9 heteroatoms. The molecule has 16 heavy (non-hydrogen) atoms. The van der Waals surface area contributed by atoms with Crippen LogP contribution in [0.3, 0.4) is 0 Å². The van der Waals surface area contributed by atoms with E-state index in [4.69, 9.17) is 0 Å². The maximum Gasteiger partial charge on any atom is 1.00 e. The van der Waals surface area contributed by atoms with Gasteiger partial charge in [0.05, 0.1) is 0 Å². The van der Waals surface area contributed by atoms with Crippen LogP contribution in [-0.2, 0) is 0 Å². The molecular weight excluding hydrogens is 262 g/mol. The van der Waals surface area contributed by atoms with E-state index in [1.807, 2.05) is 0 Å². The molecule has 1 aromatic rings. The third-order valence-corrected chi connectivity index (χ3v) is 1.86. The molecule has 86 valence electrons. The van der Waals surface area contributed by atoms with Crippen LogP contribution in [0.25, 0.3) is 0 Å². The first-order valence-corrected chi connectivity index (χ1v) is 4.10. The van der Waals surface area contributed by atoms with Gasteiger partial charge in [0, 0.05) is 12.4 Å². The van der Waals surface area contributed by atoms with Crippen molar-refractivity contribution in [3.8, 4) is 0 Å². The number of rotatable bonds is 3. The van der Waals surface area contributed by atoms with Crippen molar-refractivity contribution in [1.29, 1.82) is 0 Å².